The van der Waals surface area contributed by atoms with Gasteiger partial charge in [0.2, 0.25) is 5.91 Å². The summed E-state index contributed by atoms with van der Waals surface area (Å²) in [5, 5.41) is 0. The van der Waals surface area contributed by atoms with Gasteiger partial charge in [0.15, 0.2) is 0 Å². The Morgan fingerprint density at radius 2 is 2.12 bits per heavy atom. The minimum Gasteiger partial charge on any atom is -0.315 e. The molecule has 0 bridgehead atoms. The maximum Gasteiger partial charge on any atom is 0.229 e. The number of carbonyl (C=O) groups is 1. The highest BCUT2D eigenvalue weighted by Gasteiger charge is 2.32. The van der Waals surface area contributed by atoms with Crippen molar-refractivity contribution in [2.75, 3.05) is 11.9 Å². The Hall–Kier alpha value is -1.31. The van der Waals surface area contributed by atoms with Gasteiger partial charge in [-0.2, -0.15) is 0 Å². The van der Waals surface area contributed by atoms with E-state index in [2.05, 4.69) is 26.0 Å². The van der Waals surface area contributed by atoms with Crippen LogP contribution in [0.3, 0.4) is 0 Å². The Balaban J connectivity index is 2.11. The Bertz CT molecular complexity index is 407. The quantitative estimate of drug-likeness (QED) is 0.779. The molecule has 0 N–H and O–H groups in total. The lowest BCUT2D eigenvalue weighted by Crippen LogP contribution is -2.27. The van der Waals surface area contributed by atoms with Crippen LogP contribution in [0.25, 0.3) is 0 Å². The van der Waals surface area contributed by atoms with Crippen LogP contribution in [0, 0.1) is 11.8 Å². The average molecular weight is 231 g/mol. The molecule has 0 aromatic heterocycles. The number of hydrogen-bond donors (Lipinski definition) is 0. The Morgan fingerprint density at radius 3 is 2.71 bits per heavy atom. The fourth-order valence-corrected chi connectivity index (χ4v) is 2.09. The van der Waals surface area contributed by atoms with E-state index in [4.69, 9.17) is 0 Å². The van der Waals surface area contributed by atoms with Gasteiger partial charge in [-0.05, 0) is 42.9 Å². The van der Waals surface area contributed by atoms with Crippen LogP contribution in [-0.4, -0.2) is 13.0 Å². The number of carbonyl (C=O) groups excluding carboxylic acids is 1. The third kappa shape index (κ3) is 3.09. The number of amides is 1. The molecule has 0 heterocycles. The molecule has 1 aliphatic rings. The SMILES string of the molecule is CC(C)Cc1cccc(N(C)C(=O)C2CC2)c1. The van der Waals surface area contributed by atoms with Gasteiger partial charge in [-0.1, -0.05) is 26.0 Å². The first-order valence-corrected chi connectivity index (χ1v) is 6.44. The monoisotopic (exact) mass is 231 g/mol. The first kappa shape index (κ1) is 12.2. The standard InChI is InChI=1S/C15H21NO/c1-11(2)9-12-5-4-6-14(10-12)16(3)15(17)13-7-8-13/h4-6,10-11,13H,7-9H2,1-3H3. The highest BCUT2D eigenvalue weighted by molar-refractivity contribution is 5.95. The zero-order valence-corrected chi connectivity index (χ0v) is 10.9. The number of benzene rings is 1. The zero-order valence-electron chi connectivity index (χ0n) is 10.9. The van der Waals surface area contributed by atoms with Gasteiger partial charge in [0.1, 0.15) is 0 Å². The van der Waals surface area contributed by atoms with E-state index in [1.165, 1.54) is 5.56 Å². The molecule has 2 nitrogen and oxygen atoms in total. The molecule has 0 unspecified atom stereocenters. The maximum absolute atomic E-state index is 12.0. The smallest absolute Gasteiger partial charge is 0.229 e. The van der Waals surface area contributed by atoms with Gasteiger partial charge < -0.3 is 4.90 Å². The van der Waals surface area contributed by atoms with Gasteiger partial charge in [-0.25, -0.2) is 0 Å². The second kappa shape index (κ2) is 4.91. The predicted octanol–water partition coefficient (Wildman–Crippen LogP) is 3.26. The summed E-state index contributed by atoms with van der Waals surface area (Å²) < 4.78 is 0. The van der Waals surface area contributed by atoms with E-state index in [1.54, 1.807) is 0 Å². The van der Waals surface area contributed by atoms with Crippen molar-refractivity contribution >= 4 is 11.6 Å². The van der Waals surface area contributed by atoms with E-state index < -0.39 is 0 Å². The summed E-state index contributed by atoms with van der Waals surface area (Å²) in [6.07, 6.45) is 3.20. The fraction of sp³-hybridized carbons (Fsp3) is 0.533. The number of nitrogens with zero attached hydrogens (tertiary/aromatic N) is 1. The molecule has 0 saturated heterocycles. The lowest BCUT2D eigenvalue weighted by molar-refractivity contribution is -0.119. The molecule has 1 fully saturated rings. The molecule has 1 aromatic carbocycles. The van der Waals surface area contributed by atoms with Crippen LogP contribution in [0.15, 0.2) is 24.3 Å². The van der Waals surface area contributed by atoms with Crippen molar-refractivity contribution in [3.63, 3.8) is 0 Å². The predicted molar refractivity (Wildman–Crippen MR) is 71.1 cm³/mol. The Morgan fingerprint density at radius 1 is 1.41 bits per heavy atom. The number of hydrogen-bond acceptors (Lipinski definition) is 1. The topological polar surface area (TPSA) is 20.3 Å². The van der Waals surface area contributed by atoms with Gasteiger partial charge in [0.25, 0.3) is 0 Å². The summed E-state index contributed by atoms with van der Waals surface area (Å²) in [5.74, 6) is 1.20. The molecule has 0 atom stereocenters. The van der Waals surface area contributed by atoms with Crippen molar-refractivity contribution in [1.82, 2.24) is 0 Å². The van der Waals surface area contributed by atoms with E-state index >= 15 is 0 Å². The van der Waals surface area contributed by atoms with Crippen molar-refractivity contribution < 1.29 is 4.79 Å². The van der Waals surface area contributed by atoms with E-state index in [0.717, 1.165) is 24.9 Å². The molecule has 0 aliphatic heterocycles. The zero-order chi connectivity index (χ0) is 12.4. The molecule has 1 aliphatic carbocycles. The minimum atomic E-state index is 0.270. The largest absolute Gasteiger partial charge is 0.315 e. The van der Waals surface area contributed by atoms with Crippen molar-refractivity contribution in [3.05, 3.63) is 29.8 Å². The molecule has 1 aromatic rings. The van der Waals surface area contributed by atoms with Crippen molar-refractivity contribution in [2.24, 2.45) is 11.8 Å². The summed E-state index contributed by atoms with van der Waals surface area (Å²) in [6, 6.07) is 8.34. The van der Waals surface area contributed by atoms with Crippen LogP contribution in [-0.2, 0) is 11.2 Å². The van der Waals surface area contributed by atoms with Crippen molar-refractivity contribution in [2.45, 2.75) is 33.1 Å². The average Bonchev–Trinajstić information content (AvgIpc) is 3.10. The molecule has 1 amide bonds. The van der Waals surface area contributed by atoms with Crippen molar-refractivity contribution in [3.8, 4) is 0 Å². The number of rotatable bonds is 4. The molecular formula is C15H21NO. The Labute approximate surface area is 104 Å². The molecule has 0 spiro atoms. The van der Waals surface area contributed by atoms with Crippen LogP contribution in [0.2, 0.25) is 0 Å². The third-order valence-corrected chi connectivity index (χ3v) is 3.20. The van der Waals surface area contributed by atoms with Crippen molar-refractivity contribution in [1.29, 1.82) is 0 Å². The van der Waals surface area contributed by atoms with E-state index in [0.29, 0.717) is 5.92 Å². The summed E-state index contributed by atoms with van der Waals surface area (Å²) in [5.41, 5.74) is 2.34. The van der Waals surface area contributed by atoms with Gasteiger partial charge >= 0.3 is 0 Å². The van der Waals surface area contributed by atoms with Crippen LogP contribution in [0.1, 0.15) is 32.3 Å². The normalized spacial score (nSPS) is 15.1. The molecule has 17 heavy (non-hydrogen) atoms. The maximum atomic E-state index is 12.0. The van der Waals surface area contributed by atoms with Gasteiger partial charge in [-0.15, -0.1) is 0 Å². The first-order chi connectivity index (χ1) is 8.08. The Kier molecular flexibility index (Phi) is 3.51. The van der Waals surface area contributed by atoms with E-state index in [9.17, 15) is 4.79 Å². The lowest BCUT2D eigenvalue weighted by atomic mass is 10.0. The molecule has 2 heteroatoms. The molecule has 2 rings (SSSR count). The van der Waals surface area contributed by atoms with E-state index in [1.807, 2.05) is 24.1 Å². The van der Waals surface area contributed by atoms with Gasteiger partial charge in [-0.3, -0.25) is 4.79 Å². The van der Waals surface area contributed by atoms with E-state index in [-0.39, 0.29) is 11.8 Å². The van der Waals surface area contributed by atoms with Crippen LogP contribution < -0.4 is 4.90 Å². The van der Waals surface area contributed by atoms with Gasteiger partial charge in [0.05, 0.1) is 0 Å². The first-order valence-electron chi connectivity index (χ1n) is 6.44. The second-order valence-corrected chi connectivity index (χ2v) is 5.44. The fourth-order valence-electron chi connectivity index (χ4n) is 2.09. The lowest BCUT2D eigenvalue weighted by Gasteiger charge is -2.18. The second-order valence-electron chi connectivity index (χ2n) is 5.44. The summed E-state index contributed by atoms with van der Waals surface area (Å²) in [4.78, 5) is 13.8. The van der Waals surface area contributed by atoms with Gasteiger partial charge in [0, 0.05) is 18.7 Å². The number of anilines is 1. The summed E-state index contributed by atoms with van der Waals surface area (Å²) in [6.45, 7) is 4.43. The highest BCUT2D eigenvalue weighted by atomic mass is 16.2. The molecule has 0 radical (unpaired) electrons. The summed E-state index contributed by atoms with van der Waals surface area (Å²) >= 11 is 0. The van der Waals surface area contributed by atoms with Crippen LogP contribution in [0.4, 0.5) is 5.69 Å². The third-order valence-electron chi connectivity index (χ3n) is 3.20. The highest BCUT2D eigenvalue weighted by Crippen LogP contribution is 2.32. The van der Waals surface area contributed by atoms with Crippen LogP contribution >= 0.6 is 0 Å². The van der Waals surface area contributed by atoms with Crippen LogP contribution in [0.5, 0.6) is 0 Å². The molecule has 1 saturated carbocycles. The summed E-state index contributed by atoms with van der Waals surface area (Å²) in [7, 11) is 1.88. The molecule has 92 valence electrons. The minimum absolute atomic E-state index is 0.270. The molecular weight excluding hydrogens is 210 g/mol.